The van der Waals surface area contributed by atoms with E-state index in [9.17, 15) is 0 Å². The van der Waals surface area contributed by atoms with Gasteiger partial charge in [-0.25, -0.2) is 0 Å². The van der Waals surface area contributed by atoms with Crippen molar-refractivity contribution in [3.05, 3.63) is 0 Å². The van der Waals surface area contributed by atoms with Gasteiger partial charge in [0.25, 0.3) is 18.6 Å². The summed E-state index contributed by atoms with van der Waals surface area (Å²) in [5.41, 5.74) is 0. The van der Waals surface area contributed by atoms with Crippen LogP contribution in [0.25, 0.3) is 0 Å². The van der Waals surface area contributed by atoms with Crippen LogP contribution in [0.5, 0.6) is 0 Å². The van der Waals surface area contributed by atoms with Gasteiger partial charge in [-0.3, -0.25) is 0 Å². The zero-order valence-corrected chi connectivity index (χ0v) is 56.2. The zero-order chi connectivity index (χ0) is 45.7. The fourth-order valence-corrected chi connectivity index (χ4v) is 62.7. The van der Waals surface area contributed by atoms with Gasteiger partial charge in [0.05, 0.1) is 6.23 Å². The molecule has 3 aliphatic rings. The van der Waals surface area contributed by atoms with Crippen LogP contribution in [0.1, 0.15) is 20.8 Å². The van der Waals surface area contributed by atoms with Crippen molar-refractivity contribution in [1.82, 2.24) is 0 Å². The number of rotatable bonds is 17. The Kier molecular flexibility index (Phi) is 22.0. The van der Waals surface area contributed by atoms with Crippen molar-refractivity contribution in [2.75, 3.05) is 6.23 Å². The third-order valence-electron chi connectivity index (χ3n) is 8.62. The standard InChI is InChI=1S/C28H79O17Si15/c1-26-22-46(4)33-48(6)35-51(30-26)25-29-54(9,10)41-57(15,16)44-59(19,20)45-60(21)24-28(3)32-53(37-50(8)38-60)40-56(13,14)43-58(17,18)42-55(11,12)39-52-31-27(2)23-47(5)34-49(7)36-52/h26-28,46-50H,22-25H2,1-21H3. The molecule has 9 unspecified atom stereocenters. The van der Waals surface area contributed by atoms with Gasteiger partial charge in [0.2, 0.25) is 0 Å². The first-order chi connectivity index (χ1) is 27.1. The van der Waals surface area contributed by atoms with Crippen LogP contribution in [0.4, 0.5) is 0 Å². The van der Waals surface area contributed by atoms with Crippen molar-refractivity contribution in [3.8, 4) is 0 Å². The van der Waals surface area contributed by atoms with Gasteiger partial charge in [-0.15, -0.1) is 0 Å². The molecule has 3 rings (SSSR count). The van der Waals surface area contributed by atoms with Crippen LogP contribution >= 0.6 is 0 Å². The quantitative estimate of drug-likeness (QED) is 0.179. The largest absolute Gasteiger partial charge is 0.558 e. The molecule has 0 aromatic rings. The van der Waals surface area contributed by atoms with E-state index in [0.29, 0.717) is 12.3 Å². The molecule has 353 valence electrons. The van der Waals surface area contributed by atoms with E-state index in [1.807, 2.05) is 72.4 Å². The highest BCUT2D eigenvalue weighted by Crippen LogP contribution is 2.31. The summed E-state index contributed by atoms with van der Waals surface area (Å²) in [5.74, 6) is 0. The van der Waals surface area contributed by atoms with Crippen molar-refractivity contribution >= 4 is 134 Å². The Hall–Kier alpha value is 2.57. The second kappa shape index (κ2) is 23.3. The van der Waals surface area contributed by atoms with Crippen molar-refractivity contribution in [1.29, 1.82) is 0 Å². The minimum atomic E-state index is -2.84. The van der Waals surface area contributed by atoms with Gasteiger partial charge in [0, 0.05) is 24.4 Å². The summed E-state index contributed by atoms with van der Waals surface area (Å²) >= 11 is 0. The molecule has 0 spiro atoms. The summed E-state index contributed by atoms with van der Waals surface area (Å²) in [7, 11) is -33.6. The molecule has 0 saturated carbocycles. The van der Waals surface area contributed by atoms with Gasteiger partial charge in [-0.05, 0) is 151 Å². The minimum Gasteiger partial charge on any atom is -0.441 e. The molecular weight excluding hydrogens is 1030 g/mol. The normalized spacial score (nSPS) is 32.8. The molecular formula is C28H79O17Si15. The Morgan fingerprint density at radius 3 is 1.47 bits per heavy atom. The lowest BCUT2D eigenvalue weighted by Gasteiger charge is -2.44. The summed E-state index contributed by atoms with van der Waals surface area (Å²) in [5, 5.41) is 0. The third-order valence-corrected chi connectivity index (χ3v) is 57.3. The van der Waals surface area contributed by atoms with Crippen LogP contribution in [0.3, 0.4) is 0 Å². The Labute approximate surface area is 384 Å². The average molecular weight is 1110 g/mol. The second-order valence-corrected chi connectivity index (χ2v) is 60.7. The SMILES string of the molecule is CC1C[SiH](C)O[SiH](C)O[Si](CO[Si](C)(C)O[Si](C)(C)O[Si](C)(C)O[Si]2(C)CC(C)O[Si](O[Si](C)(C)O[Si](C)(C)O[Si](C)(C)O[Si]3OC(C)C[SiH](C)O[SiH](C)O3)O[SiH](C)O2)O1. The van der Waals surface area contributed by atoms with Gasteiger partial charge in [-0.1, -0.05) is 0 Å². The number of hydrogen-bond acceptors (Lipinski definition) is 17. The van der Waals surface area contributed by atoms with Gasteiger partial charge >= 0.3 is 97.5 Å². The molecule has 0 aliphatic carbocycles. The molecule has 0 amide bonds. The molecule has 32 heteroatoms. The lowest BCUT2D eigenvalue weighted by molar-refractivity contribution is 0.118. The van der Waals surface area contributed by atoms with Gasteiger partial charge < -0.3 is 71.2 Å². The lowest BCUT2D eigenvalue weighted by atomic mass is 10.5. The zero-order valence-electron chi connectivity index (χ0n) is 40.4. The fourth-order valence-electron chi connectivity index (χ4n) is 7.82. The molecule has 9 atom stereocenters. The summed E-state index contributed by atoms with van der Waals surface area (Å²) in [6, 6.07) is 2.50. The molecule has 3 fully saturated rings. The molecule has 17 nitrogen and oxygen atoms in total. The highest BCUT2D eigenvalue weighted by Gasteiger charge is 2.51. The van der Waals surface area contributed by atoms with Crippen LogP contribution in [-0.4, -0.2) is 159 Å². The van der Waals surface area contributed by atoms with Crippen LogP contribution < -0.4 is 0 Å². The molecule has 3 saturated heterocycles. The Morgan fingerprint density at radius 2 is 0.950 bits per heavy atom. The van der Waals surface area contributed by atoms with Gasteiger partial charge in [0.1, 0.15) is 0 Å². The highest BCUT2D eigenvalue weighted by atomic mass is 28.5. The predicted octanol–water partition coefficient (Wildman–Crippen LogP) is 5.01. The molecule has 3 heterocycles. The van der Waals surface area contributed by atoms with Crippen molar-refractivity contribution in [2.45, 2.75) is 175 Å². The first-order valence-electron chi connectivity index (χ1n) is 21.2. The van der Waals surface area contributed by atoms with Crippen molar-refractivity contribution in [3.63, 3.8) is 0 Å². The maximum Gasteiger partial charge on any atom is 0.558 e. The molecule has 3 aliphatic heterocycles. The van der Waals surface area contributed by atoms with Crippen molar-refractivity contribution < 1.29 is 71.2 Å². The van der Waals surface area contributed by atoms with E-state index < -0.39 is 134 Å². The van der Waals surface area contributed by atoms with E-state index in [1.54, 1.807) is 0 Å². The van der Waals surface area contributed by atoms with Gasteiger partial charge in [-0.2, -0.15) is 0 Å². The maximum absolute atomic E-state index is 6.95. The number of hydrogen-bond donors (Lipinski definition) is 0. The molecule has 0 aromatic heterocycles. The topological polar surface area (TPSA) is 157 Å². The first-order valence-corrected chi connectivity index (χ1v) is 55.8. The molecule has 0 bridgehead atoms. The average Bonchev–Trinajstić information content (AvgIpc) is 2.93. The fraction of sp³-hybridized carbons (Fsp3) is 1.00. The predicted molar refractivity (Wildman–Crippen MR) is 265 cm³/mol. The minimum absolute atomic E-state index is 0.0231. The summed E-state index contributed by atoms with van der Waals surface area (Å²) in [4.78, 5) is 0. The molecule has 0 aromatic carbocycles. The summed E-state index contributed by atoms with van der Waals surface area (Å²) in [6.07, 6.45) is 0.271. The first kappa shape index (κ1) is 56.9. The summed E-state index contributed by atoms with van der Waals surface area (Å²) < 4.78 is 111. The van der Waals surface area contributed by atoms with E-state index in [2.05, 4.69) is 66.2 Å². The van der Waals surface area contributed by atoms with E-state index in [-0.39, 0.29) is 18.3 Å². The smallest absolute Gasteiger partial charge is 0.441 e. The van der Waals surface area contributed by atoms with Crippen LogP contribution in [0.2, 0.25) is 136 Å². The van der Waals surface area contributed by atoms with E-state index in [1.165, 1.54) is 0 Å². The van der Waals surface area contributed by atoms with E-state index in [0.717, 1.165) is 12.1 Å². The summed E-state index contributed by atoms with van der Waals surface area (Å²) in [6.45, 7) is 43.2. The van der Waals surface area contributed by atoms with Crippen LogP contribution in [-0.2, 0) is 71.2 Å². The maximum atomic E-state index is 6.95. The molecule has 3 radical (unpaired) electrons. The Balaban J connectivity index is 1.55. The molecule has 0 N–H and O–H groups in total. The van der Waals surface area contributed by atoms with Crippen molar-refractivity contribution in [2.24, 2.45) is 0 Å². The van der Waals surface area contributed by atoms with E-state index in [4.69, 9.17) is 71.2 Å². The third kappa shape index (κ3) is 22.1. The Morgan fingerprint density at radius 1 is 0.533 bits per heavy atom. The Bertz CT molecular complexity index is 1290. The van der Waals surface area contributed by atoms with Crippen LogP contribution in [0.15, 0.2) is 0 Å². The van der Waals surface area contributed by atoms with Crippen LogP contribution in [0, 0.1) is 0 Å². The lowest BCUT2D eigenvalue weighted by Crippen LogP contribution is -2.61. The second-order valence-electron chi connectivity index (χ2n) is 18.9. The van der Waals surface area contributed by atoms with Gasteiger partial charge in [0.15, 0.2) is 18.1 Å². The molecule has 60 heavy (non-hydrogen) atoms. The van der Waals surface area contributed by atoms with E-state index >= 15 is 0 Å². The highest BCUT2D eigenvalue weighted by molar-refractivity contribution is 6.90. The monoisotopic (exact) mass is 1110 g/mol.